The average Bonchev–Trinajstić information content (AvgIpc) is 2.97. The molecule has 0 bridgehead atoms. The van der Waals surface area contributed by atoms with Crippen LogP contribution in [0.2, 0.25) is 0 Å². The van der Waals surface area contributed by atoms with Gasteiger partial charge in [-0.2, -0.15) is 4.80 Å². The Balaban J connectivity index is 1.57. The number of rotatable bonds is 4. The van der Waals surface area contributed by atoms with E-state index >= 15 is 0 Å². The number of hydrogen-bond donors (Lipinski definition) is 1. The summed E-state index contributed by atoms with van der Waals surface area (Å²) in [6.07, 6.45) is 0. The van der Waals surface area contributed by atoms with Gasteiger partial charge in [0.2, 0.25) is 6.79 Å². The van der Waals surface area contributed by atoms with Crippen molar-refractivity contribution in [2.24, 2.45) is 7.05 Å². The largest absolute Gasteiger partial charge is 0.454 e. The maximum absolute atomic E-state index is 5.32. The van der Waals surface area contributed by atoms with E-state index in [0.29, 0.717) is 19.2 Å². The van der Waals surface area contributed by atoms with Crippen molar-refractivity contribution < 1.29 is 9.47 Å². The monoisotopic (exact) mass is 247 g/mol. The second kappa shape index (κ2) is 4.61. The lowest BCUT2D eigenvalue weighted by atomic mass is 10.2. The lowest BCUT2D eigenvalue weighted by Crippen LogP contribution is -2.14. The van der Waals surface area contributed by atoms with Crippen LogP contribution in [0.1, 0.15) is 11.4 Å². The van der Waals surface area contributed by atoms with Crippen LogP contribution in [-0.2, 0) is 20.1 Å². The second-order valence-electron chi connectivity index (χ2n) is 3.99. The highest BCUT2D eigenvalue weighted by Crippen LogP contribution is 2.32. The van der Waals surface area contributed by atoms with Gasteiger partial charge in [0.05, 0.1) is 13.6 Å². The Hall–Kier alpha value is -2.15. The van der Waals surface area contributed by atoms with Gasteiger partial charge < -0.3 is 14.8 Å². The van der Waals surface area contributed by atoms with Gasteiger partial charge in [0.25, 0.3) is 0 Å². The minimum absolute atomic E-state index is 0.301. The molecule has 2 aromatic rings. The molecular formula is C11H13N5O2. The summed E-state index contributed by atoms with van der Waals surface area (Å²) in [4.78, 5) is 1.44. The van der Waals surface area contributed by atoms with Crippen molar-refractivity contribution in [3.8, 4) is 11.5 Å². The number of nitrogens with one attached hydrogen (secondary N) is 1. The van der Waals surface area contributed by atoms with E-state index in [4.69, 9.17) is 9.47 Å². The molecule has 0 saturated heterocycles. The van der Waals surface area contributed by atoms with E-state index in [0.717, 1.165) is 23.6 Å². The first-order chi connectivity index (χ1) is 8.81. The summed E-state index contributed by atoms with van der Waals surface area (Å²) >= 11 is 0. The van der Waals surface area contributed by atoms with E-state index in [9.17, 15) is 0 Å². The van der Waals surface area contributed by atoms with Gasteiger partial charge in [-0.25, -0.2) is 0 Å². The summed E-state index contributed by atoms with van der Waals surface area (Å²) < 4.78 is 10.6. The van der Waals surface area contributed by atoms with Crippen molar-refractivity contribution in [1.29, 1.82) is 0 Å². The third-order valence-corrected chi connectivity index (χ3v) is 2.60. The maximum atomic E-state index is 5.32. The summed E-state index contributed by atoms with van der Waals surface area (Å²) in [5.74, 6) is 2.28. The van der Waals surface area contributed by atoms with Crippen LogP contribution >= 0.6 is 0 Å². The van der Waals surface area contributed by atoms with Crippen LogP contribution in [0.3, 0.4) is 0 Å². The number of hydrogen-bond acceptors (Lipinski definition) is 6. The van der Waals surface area contributed by atoms with Crippen LogP contribution < -0.4 is 14.8 Å². The molecule has 0 aliphatic carbocycles. The van der Waals surface area contributed by atoms with Crippen molar-refractivity contribution in [1.82, 2.24) is 25.5 Å². The van der Waals surface area contributed by atoms with Gasteiger partial charge in [-0.1, -0.05) is 6.07 Å². The standard InChI is InChI=1S/C11H13N5O2/c1-16-14-11(13-15-16)6-12-5-8-2-3-9-10(4-8)18-7-17-9/h2-4,12H,5-7H2,1H3. The predicted octanol–water partition coefficient (Wildman–Crippen LogP) is 0.229. The zero-order chi connectivity index (χ0) is 12.4. The molecule has 7 heteroatoms. The topological polar surface area (TPSA) is 74.1 Å². The van der Waals surface area contributed by atoms with E-state index in [1.807, 2.05) is 18.2 Å². The molecule has 1 N–H and O–H groups in total. The second-order valence-corrected chi connectivity index (χ2v) is 3.99. The first-order valence-corrected chi connectivity index (χ1v) is 5.63. The molecule has 0 atom stereocenters. The number of ether oxygens (including phenoxy) is 2. The maximum Gasteiger partial charge on any atom is 0.231 e. The molecule has 0 saturated carbocycles. The molecule has 18 heavy (non-hydrogen) atoms. The van der Waals surface area contributed by atoms with E-state index in [2.05, 4.69) is 20.7 Å². The molecule has 2 heterocycles. The van der Waals surface area contributed by atoms with Crippen LogP contribution in [0.5, 0.6) is 11.5 Å². The van der Waals surface area contributed by atoms with E-state index in [1.165, 1.54) is 4.80 Å². The Labute approximate surface area is 104 Å². The smallest absolute Gasteiger partial charge is 0.231 e. The van der Waals surface area contributed by atoms with Crippen LogP contribution in [0.4, 0.5) is 0 Å². The van der Waals surface area contributed by atoms with Gasteiger partial charge in [-0.05, 0) is 22.9 Å². The number of nitrogens with zero attached hydrogens (tertiary/aromatic N) is 4. The van der Waals surface area contributed by atoms with Gasteiger partial charge in [-0.15, -0.1) is 10.2 Å². The fourth-order valence-electron chi connectivity index (χ4n) is 1.76. The molecule has 0 unspecified atom stereocenters. The highest BCUT2D eigenvalue weighted by atomic mass is 16.7. The molecule has 94 valence electrons. The number of tetrazole rings is 1. The van der Waals surface area contributed by atoms with Gasteiger partial charge in [0.15, 0.2) is 17.3 Å². The minimum atomic E-state index is 0.301. The summed E-state index contributed by atoms with van der Waals surface area (Å²) in [6.45, 7) is 1.60. The normalized spacial score (nSPS) is 12.9. The lowest BCUT2D eigenvalue weighted by molar-refractivity contribution is 0.174. The molecular weight excluding hydrogens is 234 g/mol. The summed E-state index contributed by atoms with van der Waals surface area (Å²) in [5, 5.41) is 15.0. The van der Waals surface area contributed by atoms with Gasteiger partial charge in [0.1, 0.15) is 0 Å². The number of benzene rings is 1. The Morgan fingerprint density at radius 1 is 1.28 bits per heavy atom. The molecule has 3 rings (SSSR count). The predicted molar refractivity (Wildman–Crippen MR) is 61.9 cm³/mol. The Morgan fingerprint density at radius 2 is 2.17 bits per heavy atom. The Morgan fingerprint density at radius 3 is 3.00 bits per heavy atom. The van der Waals surface area contributed by atoms with Crippen molar-refractivity contribution in [2.45, 2.75) is 13.1 Å². The fraction of sp³-hybridized carbons (Fsp3) is 0.364. The molecule has 0 radical (unpaired) electrons. The Bertz CT molecular complexity index is 554. The minimum Gasteiger partial charge on any atom is -0.454 e. The fourth-order valence-corrected chi connectivity index (χ4v) is 1.76. The Kier molecular flexibility index (Phi) is 2.81. The molecule has 1 aliphatic rings. The van der Waals surface area contributed by atoms with Gasteiger partial charge in [-0.3, -0.25) is 0 Å². The number of aromatic nitrogens is 4. The van der Waals surface area contributed by atoms with E-state index in [-0.39, 0.29) is 0 Å². The van der Waals surface area contributed by atoms with Crippen molar-refractivity contribution in [3.05, 3.63) is 29.6 Å². The van der Waals surface area contributed by atoms with Crippen LogP contribution in [0, 0.1) is 0 Å². The summed E-state index contributed by atoms with van der Waals surface area (Å²) in [5.41, 5.74) is 1.13. The van der Waals surface area contributed by atoms with Crippen molar-refractivity contribution >= 4 is 0 Å². The zero-order valence-electron chi connectivity index (χ0n) is 9.96. The molecule has 0 spiro atoms. The van der Waals surface area contributed by atoms with E-state index in [1.54, 1.807) is 7.05 Å². The molecule has 7 nitrogen and oxygen atoms in total. The summed E-state index contributed by atoms with van der Waals surface area (Å²) in [6, 6.07) is 5.89. The lowest BCUT2D eigenvalue weighted by Gasteiger charge is -2.03. The molecule has 1 aromatic heterocycles. The third-order valence-electron chi connectivity index (χ3n) is 2.60. The van der Waals surface area contributed by atoms with Crippen molar-refractivity contribution in [3.63, 3.8) is 0 Å². The highest BCUT2D eigenvalue weighted by molar-refractivity contribution is 5.44. The van der Waals surface area contributed by atoms with Gasteiger partial charge >= 0.3 is 0 Å². The zero-order valence-corrected chi connectivity index (χ0v) is 9.96. The van der Waals surface area contributed by atoms with E-state index < -0.39 is 0 Å². The SMILES string of the molecule is Cn1nnc(CNCc2ccc3c(c2)OCO3)n1. The van der Waals surface area contributed by atoms with Crippen LogP contribution in [-0.4, -0.2) is 27.0 Å². The molecule has 0 fully saturated rings. The molecule has 1 aliphatic heterocycles. The first-order valence-electron chi connectivity index (χ1n) is 5.63. The first kappa shape index (κ1) is 11.0. The number of fused-ring (bicyclic) bond motifs is 1. The van der Waals surface area contributed by atoms with Crippen molar-refractivity contribution in [2.75, 3.05) is 6.79 Å². The number of aryl methyl sites for hydroxylation is 1. The highest BCUT2D eigenvalue weighted by Gasteiger charge is 2.12. The summed E-state index contributed by atoms with van der Waals surface area (Å²) in [7, 11) is 1.74. The molecule has 0 amide bonds. The third kappa shape index (κ3) is 2.25. The average molecular weight is 247 g/mol. The van der Waals surface area contributed by atoms with Crippen LogP contribution in [0.25, 0.3) is 0 Å². The quantitative estimate of drug-likeness (QED) is 0.833. The van der Waals surface area contributed by atoms with Gasteiger partial charge in [0, 0.05) is 6.54 Å². The van der Waals surface area contributed by atoms with Crippen LogP contribution in [0.15, 0.2) is 18.2 Å². The molecule has 1 aromatic carbocycles.